The van der Waals surface area contributed by atoms with Crippen LogP contribution in [0.1, 0.15) is 34.6 Å². The van der Waals surface area contributed by atoms with Crippen LogP contribution in [0.5, 0.6) is 0 Å². The highest BCUT2D eigenvalue weighted by Gasteiger charge is 2.10. The molecule has 0 saturated carbocycles. The third kappa shape index (κ3) is 4.43. The van der Waals surface area contributed by atoms with E-state index in [1.807, 2.05) is 38.1 Å². The van der Waals surface area contributed by atoms with E-state index in [0.717, 1.165) is 10.2 Å². The second-order valence-corrected chi connectivity index (χ2v) is 6.08. The summed E-state index contributed by atoms with van der Waals surface area (Å²) in [6, 6.07) is 14.0. The van der Waals surface area contributed by atoms with Crippen molar-refractivity contribution in [2.24, 2.45) is 0 Å². The zero-order valence-electron chi connectivity index (χ0n) is 12.4. The Morgan fingerprint density at radius 1 is 0.864 bits per heavy atom. The molecule has 114 valence electrons. The van der Waals surface area contributed by atoms with Gasteiger partial charge in [0, 0.05) is 27.3 Å². The summed E-state index contributed by atoms with van der Waals surface area (Å²) in [5, 5.41) is 5.61. The Hall–Kier alpha value is -2.14. The molecule has 2 N–H and O–H groups in total. The molecule has 0 aliphatic rings. The molecule has 0 heterocycles. The second kappa shape index (κ2) is 7.22. The second-order valence-electron chi connectivity index (χ2n) is 5.17. The van der Waals surface area contributed by atoms with Gasteiger partial charge in [0.05, 0.1) is 0 Å². The van der Waals surface area contributed by atoms with E-state index in [1.165, 1.54) is 0 Å². The lowest BCUT2D eigenvalue weighted by Crippen LogP contribution is -2.30. The van der Waals surface area contributed by atoms with Crippen molar-refractivity contribution in [3.8, 4) is 0 Å². The van der Waals surface area contributed by atoms with E-state index in [0.29, 0.717) is 11.1 Å². The van der Waals surface area contributed by atoms with Gasteiger partial charge in [0.15, 0.2) is 0 Å². The van der Waals surface area contributed by atoms with Crippen LogP contribution < -0.4 is 10.6 Å². The number of halogens is 1. The molecule has 0 bridgehead atoms. The van der Waals surface area contributed by atoms with E-state index in [4.69, 9.17) is 0 Å². The Morgan fingerprint density at radius 3 is 1.86 bits per heavy atom. The number of hydrogen-bond acceptors (Lipinski definition) is 2. The minimum atomic E-state index is -0.210. The van der Waals surface area contributed by atoms with E-state index in [-0.39, 0.29) is 17.9 Å². The van der Waals surface area contributed by atoms with Crippen LogP contribution in [0.4, 0.5) is 5.69 Å². The molecule has 2 rings (SSSR count). The van der Waals surface area contributed by atoms with Crippen molar-refractivity contribution in [1.29, 1.82) is 0 Å². The van der Waals surface area contributed by atoms with Crippen LogP contribution in [0.15, 0.2) is 53.0 Å². The normalized spacial score (nSPS) is 10.4. The molecule has 0 aliphatic heterocycles. The van der Waals surface area contributed by atoms with Crippen LogP contribution in [-0.2, 0) is 0 Å². The molecule has 22 heavy (non-hydrogen) atoms. The lowest BCUT2D eigenvalue weighted by Gasteiger charge is -2.09. The standard InChI is InChI=1S/C17H17BrN2O2/c1-11(2)19-16(21)12-3-5-13(6-4-12)17(22)20-15-9-7-14(18)8-10-15/h3-11H,1-2H3,(H,19,21)(H,20,22). The van der Waals surface area contributed by atoms with Gasteiger partial charge >= 0.3 is 0 Å². The first-order valence-corrected chi connectivity index (χ1v) is 7.73. The minimum Gasteiger partial charge on any atom is -0.350 e. The molecule has 0 aromatic heterocycles. The molecule has 0 atom stereocenters. The average molecular weight is 361 g/mol. The summed E-state index contributed by atoms with van der Waals surface area (Å²) in [5.41, 5.74) is 1.76. The molecule has 2 aromatic carbocycles. The molecule has 0 aliphatic carbocycles. The summed E-state index contributed by atoms with van der Waals surface area (Å²) in [7, 11) is 0. The molecule has 0 spiro atoms. The first-order valence-electron chi connectivity index (χ1n) is 6.93. The fourth-order valence-corrected chi connectivity index (χ4v) is 2.12. The molecule has 0 fully saturated rings. The van der Waals surface area contributed by atoms with E-state index in [9.17, 15) is 9.59 Å². The first kappa shape index (κ1) is 16.2. The molecule has 4 nitrogen and oxygen atoms in total. The van der Waals surface area contributed by atoms with Crippen molar-refractivity contribution in [3.63, 3.8) is 0 Å². The number of benzene rings is 2. The van der Waals surface area contributed by atoms with Gasteiger partial charge in [0.25, 0.3) is 11.8 Å². The topological polar surface area (TPSA) is 58.2 Å². The number of rotatable bonds is 4. The number of nitrogens with one attached hydrogen (secondary N) is 2. The summed E-state index contributed by atoms with van der Waals surface area (Å²) in [4.78, 5) is 24.0. The van der Waals surface area contributed by atoms with Gasteiger partial charge in [-0.25, -0.2) is 0 Å². The third-order valence-corrected chi connectivity index (χ3v) is 3.46. The van der Waals surface area contributed by atoms with Gasteiger partial charge in [-0.3, -0.25) is 9.59 Å². The van der Waals surface area contributed by atoms with E-state index >= 15 is 0 Å². The number of carbonyl (C=O) groups excluding carboxylic acids is 2. The third-order valence-electron chi connectivity index (χ3n) is 2.93. The molecule has 0 unspecified atom stereocenters. The SMILES string of the molecule is CC(C)NC(=O)c1ccc(C(=O)Nc2ccc(Br)cc2)cc1. The Morgan fingerprint density at radius 2 is 1.36 bits per heavy atom. The van der Waals surface area contributed by atoms with Crippen molar-refractivity contribution < 1.29 is 9.59 Å². The van der Waals surface area contributed by atoms with Gasteiger partial charge in [-0.05, 0) is 62.4 Å². The fourth-order valence-electron chi connectivity index (χ4n) is 1.85. The van der Waals surface area contributed by atoms with Gasteiger partial charge in [0.1, 0.15) is 0 Å². The van der Waals surface area contributed by atoms with Crippen molar-refractivity contribution in [3.05, 3.63) is 64.1 Å². The highest BCUT2D eigenvalue weighted by atomic mass is 79.9. The molecule has 2 amide bonds. The van der Waals surface area contributed by atoms with Crippen molar-refractivity contribution in [2.75, 3.05) is 5.32 Å². The lowest BCUT2D eigenvalue weighted by molar-refractivity contribution is 0.0941. The summed E-state index contributed by atoms with van der Waals surface area (Å²) >= 11 is 3.34. The van der Waals surface area contributed by atoms with E-state index < -0.39 is 0 Å². The van der Waals surface area contributed by atoms with Crippen LogP contribution in [0.3, 0.4) is 0 Å². The summed E-state index contributed by atoms with van der Waals surface area (Å²) in [5.74, 6) is -0.354. The van der Waals surface area contributed by atoms with E-state index in [1.54, 1.807) is 24.3 Å². The monoisotopic (exact) mass is 360 g/mol. The largest absolute Gasteiger partial charge is 0.350 e. The van der Waals surface area contributed by atoms with Gasteiger partial charge < -0.3 is 10.6 Å². The lowest BCUT2D eigenvalue weighted by atomic mass is 10.1. The number of amides is 2. The zero-order chi connectivity index (χ0) is 16.1. The van der Waals surface area contributed by atoms with Crippen LogP contribution in [0, 0.1) is 0 Å². The zero-order valence-corrected chi connectivity index (χ0v) is 14.0. The molecule has 0 saturated heterocycles. The molecular formula is C17H17BrN2O2. The van der Waals surface area contributed by atoms with Gasteiger partial charge in [-0.1, -0.05) is 15.9 Å². The fraction of sp³-hybridized carbons (Fsp3) is 0.176. The van der Waals surface area contributed by atoms with Crippen LogP contribution >= 0.6 is 15.9 Å². The minimum absolute atomic E-state index is 0.0767. The van der Waals surface area contributed by atoms with Crippen LogP contribution in [0.2, 0.25) is 0 Å². The maximum absolute atomic E-state index is 12.1. The maximum atomic E-state index is 12.1. The average Bonchev–Trinajstić information content (AvgIpc) is 2.49. The Bertz CT molecular complexity index is 664. The molecule has 5 heteroatoms. The molecule has 0 radical (unpaired) electrons. The van der Waals surface area contributed by atoms with Gasteiger partial charge in [-0.15, -0.1) is 0 Å². The number of carbonyl (C=O) groups is 2. The smallest absolute Gasteiger partial charge is 0.255 e. The first-order chi connectivity index (χ1) is 10.5. The Labute approximate surface area is 138 Å². The quantitative estimate of drug-likeness (QED) is 0.869. The van der Waals surface area contributed by atoms with Crippen LogP contribution in [-0.4, -0.2) is 17.9 Å². The van der Waals surface area contributed by atoms with Gasteiger partial charge in [0.2, 0.25) is 0 Å². The van der Waals surface area contributed by atoms with Crippen molar-refractivity contribution >= 4 is 33.4 Å². The Balaban J connectivity index is 2.05. The predicted molar refractivity (Wildman–Crippen MR) is 91.1 cm³/mol. The van der Waals surface area contributed by atoms with Gasteiger partial charge in [-0.2, -0.15) is 0 Å². The van der Waals surface area contributed by atoms with Crippen LogP contribution in [0.25, 0.3) is 0 Å². The number of hydrogen-bond donors (Lipinski definition) is 2. The Kier molecular flexibility index (Phi) is 5.33. The summed E-state index contributed by atoms with van der Waals surface area (Å²) < 4.78 is 0.950. The number of anilines is 1. The predicted octanol–water partition coefficient (Wildman–Crippen LogP) is 3.84. The summed E-state index contributed by atoms with van der Waals surface area (Å²) in [6.45, 7) is 3.80. The van der Waals surface area contributed by atoms with E-state index in [2.05, 4.69) is 26.6 Å². The highest BCUT2D eigenvalue weighted by molar-refractivity contribution is 9.10. The van der Waals surface area contributed by atoms with Crippen molar-refractivity contribution in [2.45, 2.75) is 19.9 Å². The molecule has 2 aromatic rings. The van der Waals surface area contributed by atoms with Crippen molar-refractivity contribution in [1.82, 2.24) is 5.32 Å². The highest BCUT2D eigenvalue weighted by Crippen LogP contribution is 2.15. The molecular weight excluding hydrogens is 344 g/mol. The summed E-state index contributed by atoms with van der Waals surface area (Å²) in [6.07, 6.45) is 0. The maximum Gasteiger partial charge on any atom is 0.255 e.